The van der Waals surface area contributed by atoms with E-state index in [-0.39, 0.29) is 50.0 Å². The van der Waals surface area contributed by atoms with Crippen LogP contribution >= 0.6 is 0 Å². The molecule has 0 aromatic heterocycles. The van der Waals surface area contributed by atoms with E-state index in [9.17, 15) is 14.7 Å². The second-order valence-corrected chi connectivity index (χ2v) is 8.53. The van der Waals surface area contributed by atoms with Crippen LogP contribution in [-0.2, 0) is 25.7 Å². The normalized spacial score (nSPS) is 18.6. The Morgan fingerprint density at radius 3 is 2.57 bits per heavy atom. The minimum absolute atomic E-state index is 0.0133. The number of hydrogen-bond donors (Lipinski definition) is 1. The largest absolute Gasteiger partial charge is 0.540 e. The zero-order chi connectivity index (χ0) is 25.0. The van der Waals surface area contributed by atoms with Crippen molar-refractivity contribution in [1.82, 2.24) is 9.80 Å². The minimum atomic E-state index is -1.49. The Bertz CT molecular complexity index is 1180. The van der Waals surface area contributed by atoms with Crippen molar-refractivity contribution in [3.05, 3.63) is 65.6 Å². The highest BCUT2D eigenvalue weighted by Crippen LogP contribution is 2.43. The van der Waals surface area contributed by atoms with Gasteiger partial charge in [-0.2, -0.15) is 4.48 Å². The van der Waals surface area contributed by atoms with E-state index >= 15 is 0 Å². The average Bonchev–Trinajstić information content (AvgIpc) is 3.41. The van der Waals surface area contributed by atoms with Gasteiger partial charge in [0.25, 0.3) is 5.91 Å². The van der Waals surface area contributed by atoms with E-state index in [1.165, 1.54) is 7.11 Å². The fourth-order valence-electron chi connectivity index (χ4n) is 4.24. The van der Waals surface area contributed by atoms with Gasteiger partial charge in [-0.05, 0) is 11.6 Å². The fourth-order valence-corrected chi connectivity index (χ4v) is 4.24. The van der Waals surface area contributed by atoms with Crippen LogP contribution in [0.2, 0.25) is 0 Å². The van der Waals surface area contributed by atoms with E-state index in [0.29, 0.717) is 17.2 Å². The average molecular weight is 482 g/mol. The van der Waals surface area contributed by atoms with Crippen LogP contribution in [0.3, 0.4) is 0 Å². The maximum atomic E-state index is 12.6. The molecule has 4 rings (SSSR count). The van der Waals surface area contributed by atoms with Crippen molar-refractivity contribution in [2.75, 3.05) is 27.1 Å². The van der Waals surface area contributed by atoms with Gasteiger partial charge in [0.05, 0.1) is 20.3 Å². The number of ether oxygens (including phenoxy) is 4. The summed E-state index contributed by atoms with van der Waals surface area (Å²) in [7, 11) is 1.40. The molecule has 2 aliphatic rings. The smallest absolute Gasteiger partial charge is 0.411 e. The third kappa shape index (κ3) is 4.84. The maximum absolute atomic E-state index is 12.6. The number of fused-ring (bicyclic) bond motifs is 1. The topological polar surface area (TPSA) is 119 Å². The molecule has 1 atom stereocenters. The molecule has 2 aromatic carbocycles. The lowest BCUT2D eigenvalue weighted by Gasteiger charge is -2.35. The number of benzene rings is 2. The molecule has 1 N–H and O–H groups in total. The number of carboxylic acids is 1. The summed E-state index contributed by atoms with van der Waals surface area (Å²) in [5.74, 6) is -1.16. The first-order chi connectivity index (χ1) is 16.8. The van der Waals surface area contributed by atoms with Gasteiger partial charge in [0.2, 0.25) is 18.3 Å². The number of carboxylic acid groups (broad SMARTS) is 1. The number of amides is 1. The molecular weight excluding hydrogens is 454 g/mol. The highest BCUT2D eigenvalue weighted by molar-refractivity contribution is 6.04. The van der Waals surface area contributed by atoms with Gasteiger partial charge in [0.15, 0.2) is 17.2 Å². The van der Waals surface area contributed by atoms with Crippen molar-refractivity contribution in [3.8, 4) is 11.5 Å². The van der Waals surface area contributed by atoms with Crippen LogP contribution in [0, 0.1) is 5.92 Å². The molecule has 2 aliphatic heterocycles. The molecule has 1 amide bonds. The highest BCUT2D eigenvalue weighted by Gasteiger charge is 2.52. The van der Waals surface area contributed by atoms with Crippen LogP contribution in [-0.4, -0.2) is 45.0 Å². The Morgan fingerprint density at radius 2 is 1.89 bits per heavy atom. The van der Waals surface area contributed by atoms with Gasteiger partial charge < -0.3 is 34.2 Å². The van der Waals surface area contributed by atoms with Crippen LogP contribution in [0.4, 0.5) is 5.69 Å². The van der Waals surface area contributed by atoms with E-state index in [4.69, 9.17) is 18.9 Å². The number of rotatable bonds is 9. The van der Waals surface area contributed by atoms with Crippen LogP contribution < -0.4 is 24.4 Å². The number of nitrogens with one attached hydrogen (secondary N) is 1. The summed E-state index contributed by atoms with van der Waals surface area (Å²) in [5, 5.41) is 15.1. The van der Waals surface area contributed by atoms with Gasteiger partial charge in [-0.1, -0.05) is 44.2 Å². The first-order valence-corrected chi connectivity index (χ1v) is 11.1. The van der Waals surface area contributed by atoms with Crippen LogP contribution in [0.25, 0.3) is 0 Å². The van der Waals surface area contributed by atoms with Crippen molar-refractivity contribution in [1.29, 1.82) is 0 Å². The summed E-state index contributed by atoms with van der Waals surface area (Å²) >= 11 is 0. The van der Waals surface area contributed by atoms with Gasteiger partial charge in [0.1, 0.15) is 12.6 Å². The molecule has 2 aromatic rings. The van der Waals surface area contributed by atoms with Crippen LogP contribution in [0.1, 0.15) is 19.4 Å². The van der Waals surface area contributed by atoms with Crippen LogP contribution in [0.5, 0.6) is 11.5 Å². The standard InChI is InChI=1S/C25H27N3O7/c1-16(2)12-28(18-9-10-19-20(11-18)35-15-34-19)22(24(30)31)23(27-25(28)32-3)26-21(29)14-33-13-17-7-5-4-6-8-17/h4-11,16H,12-15H2,1-3H3,(H-,26,29,30,31). The number of carbonyl (C=O) groups is 2. The monoisotopic (exact) mass is 481 g/mol. The molecule has 35 heavy (non-hydrogen) atoms. The van der Waals surface area contributed by atoms with Gasteiger partial charge in [-0.3, -0.25) is 4.79 Å². The Labute approximate surface area is 203 Å². The molecule has 0 saturated carbocycles. The Morgan fingerprint density at radius 1 is 1.14 bits per heavy atom. The van der Waals surface area contributed by atoms with Crippen molar-refractivity contribution in [2.24, 2.45) is 10.9 Å². The van der Waals surface area contributed by atoms with Crippen molar-refractivity contribution < 1.29 is 33.6 Å². The second kappa shape index (κ2) is 10.2. The Balaban J connectivity index is 1.66. The summed E-state index contributed by atoms with van der Waals surface area (Å²) in [6, 6.07) is 14.6. The summed E-state index contributed by atoms with van der Waals surface area (Å²) in [6.45, 7) is 4.19. The molecule has 0 radical (unpaired) electrons. The summed E-state index contributed by atoms with van der Waals surface area (Å²) in [6.07, 6.45) is 0. The van der Waals surface area contributed by atoms with Crippen LogP contribution in [0.15, 0.2) is 65.0 Å². The van der Waals surface area contributed by atoms with Gasteiger partial charge >= 0.3 is 6.02 Å². The quantitative estimate of drug-likeness (QED) is 0.541. The van der Waals surface area contributed by atoms with E-state index < -0.39 is 16.4 Å². The number of aliphatic carboxylic acids is 1. The Kier molecular flexibility index (Phi) is 7.04. The lowest BCUT2D eigenvalue weighted by atomic mass is 10.1. The van der Waals surface area contributed by atoms with E-state index in [2.05, 4.69) is 10.3 Å². The highest BCUT2D eigenvalue weighted by atomic mass is 16.7. The summed E-state index contributed by atoms with van der Waals surface area (Å²) in [5.41, 5.74) is 1.18. The van der Waals surface area contributed by atoms with E-state index in [0.717, 1.165) is 5.56 Å². The van der Waals surface area contributed by atoms with Crippen molar-refractivity contribution in [2.45, 2.75) is 20.5 Å². The fraction of sp³-hybridized carbons (Fsp3) is 0.320. The number of amidine groups is 1. The number of aliphatic imine (C=N–C) groups is 1. The third-order valence-electron chi connectivity index (χ3n) is 5.55. The number of carbonyl (C=O) groups excluding carboxylic acids is 2. The predicted molar refractivity (Wildman–Crippen MR) is 125 cm³/mol. The molecule has 2 heterocycles. The molecule has 0 spiro atoms. The number of nitrogens with zero attached hydrogens (tertiary/aromatic N) is 2. The summed E-state index contributed by atoms with van der Waals surface area (Å²) < 4.78 is 21.6. The third-order valence-corrected chi connectivity index (χ3v) is 5.55. The molecule has 0 saturated heterocycles. The second-order valence-electron chi connectivity index (χ2n) is 8.53. The van der Waals surface area contributed by atoms with Gasteiger partial charge in [0, 0.05) is 18.1 Å². The maximum Gasteiger partial charge on any atom is 0.411 e. The van der Waals surface area contributed by atoms with Crippen molar-refractivity contribution >= 4 is 23.6 Å². The first-order valence-electron chi connectivity index (χ1n) is 11.1. The molecule has 10 heteroatoms. The van der Waals surface area contributed by atoms with Gasteiger partial charge in [-0.25, -0.2) is 0 Å². The lowest BCUT2D eigenvalue weighted by molar-refractivity contribution is -0.300. The molecule has 0 bridgehead atoms. The molecule has 0 aliphatic carbocycles. The predicted octanol–water partition coefficient (Wildman–Crippen LogP) is 1.65. The Hall–Kier alpha value is -3.89. The minimum Gasteiger partial charge on any atom is -0.540 e. The number of hydrogen-bond acceptors (Lipinski definition) is 8. The van der Waals surface area contributed by atoms with E-state index in [1.54, 1.807) is 18.2 Å². The zero-order valence-corrected chi connectivity index (χ0v) is 19.8. The number of quaternary nitrogens is 1. The molecule has 10 nitrogen and oxygen atoms in total. The van der Waals surface area contributed by atoms with E-state index in [1.807, 2.05) is 44.2 Å². The lowest BCUT2D eigenvalue weighted by Crippen LogP contribution is -2.58. The molecule has 1 unspecified atom stereocenters. The van der Waals surface area contributed by atoms with Gasteiger partial charge in [-0.15, -0.1) is 4.99 Å². The number of methoxy groups -OCH3 is 1. The summed E-state index contributed by atoms with van der Waals surface area (Å²) in [4.78, 5) is 29.5. The van der Waals surface area contributed by atoms with Crippen molar-refractivity contribution in [3.63, 3.8) is 0 Å². The SMILES string of the molecule is COC1=NC(NC(=O)COCc2ccccc2)=C(C(=O)[O-])[N+]1(CC(C)C)c1ccc2c(c1)OCO2. The zero-order valence-electron chi connectivity index (χ0n) is 19.8. The molecule has 184 valence electrons. The molecule has 0 fully saturated rings. The molecular formula is C25H27N3O7. The first kappa shape index (κ1) is 24.2.